The summed E-state index contributed by atoms with van der Waals surface area (Å²) in [5.41, 5.74) is 6.97. The van der Waals surface area contributed by atoms with Gasteiger partial charge in [0, 0.05) is 28.3 Å². The van der Waals surface area contributed by atoms with Crippen LogP contribution in [0.25, 0.3) is 0 Å². The van der Waals surface area contributed by atoms with Crippen molar-refractivity contribution >= 4 is 22.6 Å². The summed E-state index contributed by atoms with van der Waals surface area (Å²) in [4.78, 5) is 7.00. The number of hydrogen-bond acceptors (Lipinski definition) is 2. The van der Waals surface area contributed by atoms with E-state index >= 15 is 0 Å². The third kappa shape index (κ3) is 2.16. The fourth-order valence-corrected chi connectivity index (χ4v) is 1.64. The molecular weight excluding hydrogens is 253 g/mol. The van der Waals surface area contributed by atoms with Crippen molar-refractivity contribution in [3.63, 3.8) is 0 Å². The quantitative estimate of drug-likeness (QED) is 0.639. The van der Waals surface area contributed by atoms with Gasteiger partial charge >= 0.3 is 0 Å². The maximum atomic E-state index is 5.85. The summed E-state index contributed by atoms with van der Waals surface area (Å²) in [5, 5.41) is 0. The minimum absolute atomic E-state index is 0.219. The smallest absolute Gasteiger partial charge is 0.0921 e. The van der Waals surface area contributed by atoms with E-state index in [-0.39, 0.29) is 6.04 Å². The fourth-order valence-electron chi connectivity index (χ4n) is 0.880. The first kappa shape index (κ1) is 8.99. The summed E-state index contributed by atoms with van der Waals surface area (Å²) in [5.74, 6) is 0.370. The Morgan fingerprint density at radius 2 is 2.55 bits per heavy atom. The number of nitrogens with zero attached hydrogens (tertiary/aromatic N) is 1. The van der Waals surface area contributed by atoms with Crippen molar-refractivity contribution in [3.05, 3.63) is 18.2 Å². The lowest BCUT2D eigenvalue weighted by Crippen LogP contribution is -2.28. The van der Waals surface area contributed by atoms with E-state index in [1.807, 2.05) is 6.20 Å². The zero-order chi connectivity index (χ0) is 8.27. The number of hydrogen-bond donors (Lipinski definition) is 2. The lowest BCUT2D eigenvalue weighted by atomic mass is 10.0. The number of halogens is 1. The number of nitrogens with one attached hydrogen (secondary N) is 1. The first-order valence-corrected chi connectivity index (χ1v) is 5.08. The van der Waals surface area contributed by atoms with Crippen molar-refractivity contribution in [1.29, 1.82) is 0 Å². The van der Waals surface area contributed by atoms with E-state index in [1.165, 1.54) is 0 Å². The minimum atomic E-state index is 0.219. The molecule has 4 heteroatoms. The van der Waals surface area contributed by atoms with Crippen molar-refractivity contribution in [2.45, 2.75) is 18.9 Å². The monoisotopic (exact) mass is 265 g/mol. The Hall–Kier alpha value is -0.100. The van der Waals surface area contributed by atoms with E-state index in [1.54, 1.807) is 6.33 Å². The number of aromatic nitrogens is 2. The summed E-state index contributed by atoms with van der Waals surface area (Å²) in [6, 6.07) is 0.219. The van der Waals surface area contributed by atoms with Crippen LogP contribution in [0.5, 0.6) is 0 Å². The fraction of sp³-hybridized carbons (Fsp3) is 0.571. The second-order valence-corrected chi connectivity index (χ2v) is 3.49. The highest BCUT2D eigenvalue weighted by Gasteiger charge is 2.13. The maximum Gasteiger partial charge on any atom is 0.0921 e. The summed E-state index contributed by atoms with van der Waals surface area (Å²) < 4.78 is 0.970. The number of aromatic amines is 1. The van der Waals surface area contributed by atoms with E-state index in [4.69, 9.17) is 5.73 Å². The Balaban J connectivity index is 2.62. The second kappa shape index (κ2) is 4.06. The second-order valence-electron chi connectivity index (χ2n) is 2.61. The van der Waals surface area contributed by atoms with Gasteiger partial charge in [-0.15, -0.1) is 0 Å². The van der Waals surface area contributed by atoms with Crippen molar-refractivity contribution < 1.29 is 0 Å². The molecule has 0 aliphatic carbocycles. The molecule has 1 aromatic rings. The van der Waals surface area contributed by atoms with Crippen molar-refractivity contribution in [2.24, 2.45) is 5.73 Å². The highest BCUT2D eigenvalue weighted by Crippen LogP contribution is 2.15. The molecule has 0 saturated heterocycles. The molecular formula is C7H12IN3. The molecule has 2 atom stereocenters. The van der Waals surface area contributed by atoms with Crippen LogP contribution in [0.2, 0.25) is 0 Å². The van der Waals surface area contributed by atoms with Crippen molar-refractivity contribution in [2.75, 3.05) is 4.43 Å². The van der Waals surface area contributed by atoms with Crippen LogP contribution in [0.3, 0.4) is 0 Å². The molecule has 11 heavy (non-hydrogen) atoms. The molecule has 1 rings (SSSR count). The third-order valence-electron chi connectivity index (χ3n) is 1.83. The molecule has 3 nitrogen and oxygen atoms in total. The summed E-state index contributed by atoms with van der Waals surface area (Å²) in [7, 11) is 0. The van der Waals surface area contributed by atoms with Gasteiger partial charge in [0.05, 0.1) is 6.33 Å². The van der Waals surface area contributed by atoms with E-state index in [2.05, 4.69) is 39.5 Å². The molecule has 0 fully saturated rings. The molecule has 0 saturated carbocycles. The molecule has 0 amide bonds. The number of H-pyrrole nitrogens is 1. The summed E-state index contributed by atoms with van der Waals surface area (Å²) >= 11 is 2.29. The molecule has 62 valence electrons. The van der Waals surface area contributed by atoms with Crippen molar-refractivity contribution in [1.82, 2.24) is 9.97 Å². The average Bonchev–Trinajstić information content (AvgIpc) is 2.53. The summed E-state index contributed by atoms with van der Waals surface area (Å²) in [6.07, 6.45) is 3.52. The predicted molar refractivity (Wildman–Crippen MR) is 53.9 cm³/mol. The normalized spacial score (nSPS) is 16.3. The van der Waals surface area contributed by atoms with Gasteiger partial charge in [-0.3, -0.25) is 0 Å². The van der Waals surface area contributed by atoms with E-state index < -0.39 is 0 Å². The zero-order valence-electron chi connectivity index (χ0n) is 6.42. The number of imidazole rings is 1. The molecule has 2 unspecified atom stereocenters. The topological polar surface area (TPSA) is 54.7 Å². The molecule has 0 aromatic carbocycles. The molecule has 0 spiro atoms. The van der Waals surface area contributed by atoms with Crippen LogP contribution in [0, 0.1) is 0 Å². The van der Waals surface area contributed by atoms with Crippen LogP contribution >= 0.6 is 22.6 Å². The largest absolute Gasteiger partial charge is 0.348 e. The number of nitrogens with two attached hydrogens (primary N) is 1. The molecule has 3 N–H and O–H groups in total. The summed E-state index contributed by atoms with van der Waals surface area (Å²) in [6.45, 7) is 2.11. The SMILES string of the molecule is CC(c1cnc[nH]1)C(N)CI. The minimum Gasteiger partial charge on any atom is -0.348 e. The maximum absolute atomic E-state index is 5.85. The molecule has 0 radical (unpaired) electrons. The highest BCUT2D eigenvalue weighted by molar-refractivity contribution is 14.1. The van der Waals surface area contributed by atoms with Crippen LogP contribution in [0.1, 0.15) is 18.5 Å². The lowest BCUT2D eigenvalue weighted by Gasteiger charge is -2.15. The van der Waals surface area contributed by atoms with Gasteiger partial charge in [-0.1, -0.05) is 29.5 Å². The Labute approximate surface area is 79.9 Å². The van der Waals surface area contributed by atoms with E-state index in [0.717, 1.165) is 10.1 Å². The Bertz CT molecular complexity index is 197. The zero-order valence-corrected chi connectivity index (χ0v) is 8.58. The predicted octanol–water partition coefficient (Wildman–Crippen LogP) is 1.28. The standard InChI is InChI=1S/C7H12IN3/c1-5(6(9)2-8)7-3-10-4-11-7/h3-6H,2,9H2,1H3,(H,10,11). The third-order valence-corrected chi connectivity index (χ3v) is 2.85. The van der Waals surface area contributed by atoms with Crippen LogP contribution < -0.4 is 5.73 Å². The Morgan fingerprint density at radius 1 is 1.82 bits per heavy atom. The van der Waals surface area contributed by atoms with Crippen LogP contribution in [-0.4, -0.2) is 20.4 Å². The van der Waals surface area contributed by atoms with Gasteiger partial charge < -0.3 is 10.7 Å². The van der Waals surface area contributed by atoms with E-state index in [9.17, 15) is 0 Å². The van der Waals surface area contributed by atoms with E-state index in [0.29, 0.717) is 5.92 Å². The van der Waals surface area contributed by atoms with Gasteiger partial charge in [0.1, 0.15) is 0 Å². The molecule has 0 aliphatic heterocycles. The lowest BCUT2D eigenvalue weighted by molar-refractivity contribution is 0.614. The van der Waals surface area contributed by atoms with Crippen LogP contribution in [0.4, 0.5) is 0 Å². The Kier molecular flexibility index (Phi) is 3.32. The number of alkyl halides is 1. The average molecular weight is 265 g/mol. The van der Waals surface area contributed by atoms with Gasteiger partial charge in [-0.2, -0.15) is 0 Å². The van der Waals surface area contributed by atoms with Gasteiger partial charge in [0.15, 0.2) is 0 Å². The first-order valence-electron chi connectivity index (χ1n) is 3.55. The van der Waals surface area contributed by atoms with Gasteiger partial charge in [0.25, 0.3) is 0 Å². The molecule has 0 bridgehead atoms. The first-order chi connectivity index (χ1) is 5.25. The molecule has 1 heterocycles. The highest BCUT2D eigenvalue weighted by atomic mass is 127. The van der Waals surface area contributed by atoms with Crippen LogP contribution in [-0.2, 0) is 0 Å². The van der Waals surface area contributed by atoms with Gasteiger partial charge in [0.2, 0.25) is 0 Å². The number of rotatable bonds is 3. The van der Waals surface area contributed by atoms with Gasteiger partial charge in [-0.05, 0) is 0 Å². The van der Waals surface area contributed by atoms with Gasteiger partial charge in [-0.25, -0.2) is 4.98 Å². The van der Waals surface area contributed by atoms with Crippen LogP contribution in [0.15, 0.2) is 12.5 Å². The molecule has 1 aromatic heterocycles. The Morgan fingerprint density at radius 3 is 3.00 bits per heavy atom. The van der Waals surface area contributed by atoms with Crippen molar-refractivity contribution in [3.8, 4) is 0 Å². The molecule has 0 aliphatic rings.